The lowest BCUT2D eigenvalue weighted by atomic mass is 10.1. The maximum atomic E-state index is 12.8. The molecule has 0 spiro atoms. The first-order valence-electron chi connectivity index (χ1n) is 10.0. The van der Waals surface area contributed by atoms with Gasteiger partial charge in [0.05, 0.1) is 12.1 Å². The second-order valence-corrected chi connectivity index (χ2v) is 7.58. The highest BCUT2D eigenvalue weighted by molar-refractivity contribution is 5.95. The third-order valence-corrected chi connectivity index (χ3v) is 5.28. The van der Waals surface area contributed by atoms with E-state index in [4.69, 9.17) is 27.0 Å². The summed E-state index contributed by atoms with van der Waals surface area (Å²) in [6, 6.07) is 21.6. The van der Waals surface area contributed by atoms with Gasteiger partial charge in [-0.3, -0.25) is 15.6 Å². The summed E-state index contributed by atoms with van der Waals surface area (Å²) in [5.41, 5.74) is 14.8. The van der Waals surface area contributed by atoms with Gasteiger partial charge in [-0.2, -0.15) is 0 Å². The first kappa shape index (κ1) is 20.9. The zero-order valence-electron chi connectivity index (χ0n) is 17.6. The smallest absolute Gasteiger partial charge is 0.251 e. The summed E-state index contributed by atoms with van der Waals surface area (Å²) in [6.07, 6.45) is 0. The van der Waals surface area contributed by atoms with Gasteiger partial charge >= 0.3 is 0 Å². The van der Waals surface area contributed by atoms with Gasteiger partial charge in [0.15, 0.2) is 0 Å². The molecular weight excluding hydrogens is 402 g/mol. The summed E-state index contributed by atoms with van der Waals surface area (Å²) in [5, 5.41) is 16.0. The maximum absolute atomic E-state index is 12.8. The van der Waals surface area contributed by atoms with Gasteiger partial charge in [0.1, 0.15) is 23.2 Å². The number of benzene rings is 3. The molecule has 0 saturated carbocycles. The van der Waals surface area contributed by atoms with Crippen LogP contribution in [0.15, 0.2) is 77.6 Å². The van der Waals surface area contributed by atoms with E-state index >= 15 is 0 Å². The molecule has 0 aliphatic heterocycles. The molecule has 3 aromatic carbocycles. The lowest BCUT2D eigenvalue weighted by Crippen LogP contribution is -2.21. The fraction of sp³-hybridized carbons (Fsp3) is 0.0800. The summed E-state index contributed by atoms with van der Waals surface area (Å²) in [5.74, 6) is 1.19. The maximum Gasteiger partial charge on any atom is 0.251 e. The van der Waals surface area contributed by atoms with Crippen LogP contribution in [0.4, 0.5) is 0 Å². The predicted octanol–water partition coefficient (Wildman–Crippen LogP) is 3.72. The molecule has 0 aliphatic rings. The van der Waals surface area contributed by atoms with E-state index in [0.717, 1.165) is 22.0 Å². The van der Waals surface area contributed by atoms with Crippen LogP contribution in [0.5, 0.6) is 11.5 Å². The number of ether oxygens (including phenoxy) is 1. The quantitative estimate of drug-likeness (QED) is 0.277. The minimum Gasteiger partial charge on any atom is -0.457 e. The number of rotatable bonds is 6. The number of fused-ring (bicyclic) bond motifs is 1. The Morgan fingerprint density at radius 3 is 2.25 bits per heavy atom. The van der Waals surface area contributed by atoms with Crippen LogP contribution in [0.2, 0.25) is 0 Å². The Kier molecular flexibility index (Phi) is 5.47. The van der Waals surface area contributed by atoms with Crippen LogP contribution in [0.1, 0.15) is 22.3 Å². The second-order valence-electron chi connectivity index (χ2n) is 7.58. The Bertz CT molecular complexity index is 1400. The van der Waals surface area contributed by atoms with Gasteiger partial charge in [-0.25, -0.2) is 0 Å². The van der Waals surface area contributed by atoms with Crippen molar-refractivity contribution < 1.29 is 4.74 Å². The predicted molar refractivity (Wildman–Crippen MR) is 127 cm³/mol. The van der Waals surface area contributed by atoms with Crippen LogP contribution < -0.4 is 21.8 Å². The second kappa shape index (κ2) is 8.39. The van der Waals surface area contributed by atoms with Crippen molar-refractivity contribution in [3.8, 4) is 11.5 Å². The average molecular weight is 425 g/mol. The highest BCUT2D eigenvalue weighted by atomic mass is 16.5. The van der Waals surface area contributed by atoms with Crippen LogP contribution >= 0.6 is 0 Å². The summed E-state index contributed by atoms with van der Waals surface area (Å²) in [4.78, 5) is 12.8. The molecule has 0 atom stereocenters. The number of hydrogen-bond donors (Lipinski definition) is 4. The minimum atomic E-state index is -0.0894. The number of nitrogens with zero attached hydrogens (tertiary/aromatic N) is 1. The first-order chi connectivity index (χ1) is 15.3. The summed E-state index contributed by atoms with van der Waals surface area (Å²) < 4.78 is 7.70. The lowest BCUT2D eigenvalue weighted by Gasteiger charge is -2.14. The third-order valence-electron chi connectivity index (χ3n) is 5.28. The Balaban J connectivity index is 1.70. The Morgan fingerprint density at radius 1 is 0.875 bits per heavy atom. The molecule has 1 aromatic heterocycles. The van der Waals surface area contributed by atoms with Crippen molar-refractivity contribution in [1.29, 1.82) is 10.8 Å². The molecule has 1 heterocycles. The number of pyridine rings is 1. The van der Waals surface area contributed by atoms with Crippen molar-refractivity contribution in [3.05, 3.63) is 105 Å². The standard InChI is InChI=1S/C25H23N5O2/c1-15-11-23(31)30(14-16-5-7-17(8-6-16)24(26)27)22-10-9-20(13-21(15)22)32-19-4-2-3-18(12-19)25(28)29/h2-13H,14H2,1H3,(H3,26,27)(H3,28,29). The molecule has 32 heavy (non-hydrogen) atoms. The van der Waals surface area contributed by atoms with Gasteiger partial charge in [-0.15, -0.1) is 0 Å². The fourth-order valence-corrected chi connectivity index (χ4v) is 3.59. The van der Waals surface area contributed by atoms with Crippen molar-refractivity contribution in [3.63, 3.8) is 0 Å². The number of aryl methyl sites for hydroxylation is 1. The highest BCUT2D eigenvalue weighted by Gasteiger charge is 2.10. The fourth-order valence-electron chi connectivity index (χ4n) is 3.59. The molecule has 7 nitrogen and oxygen atoms in total. The van der Waals surface area contributed by atoms with E-state index in [1.807, 2.05) is 37.3 Å². The molecule has 0 amide bonds. The number of amidine groups is 2. The van der Waals surface area contributed by atoms with Crippen LogP contribution in [0, 0.1) is 17.7 Å². The molecule has 6 N–H and O–H groups in total. The Morgan fingerprint density at radius 2 is 1.56 bits per heavy atom. The molecule has 0 fully saturated rings. The average Bonchev–Trinajstić information content (AvgIpc) is 2.77. The van der Waals surface area contributed by atoms with E-state index in [-0.39, 0.29) is 17.2 Å². The van der Waals surface area contributed by atoms with E-state index in [1.165, 1.54) is 0 Å². The van der Waals surface area contributed by atoms with Gasteiger partial charge < -0.3 is 20.8 Å². The molecule has 160 valence electrons. The minimum absolute atomic E-state index is 0.0101. The van der Waals surface area contributed by atoms with Crippen LogP contribution in [0.25, 0.3) is 10.9 Å². The summed E-state index contributed by atoms with van der Waals surface area (Å²) in [7, 11) is 0. The van der Waals surface area contributed by atoms with E-state index in [2.05, 4.69) is 0 Å². The van der Waals surface area contributed by atoms with Gasteiger partial charge in [0, 0.05) is 22.6 Å². The number of nitrogen functional groups attached to an aromatic ring is 2. The Labute approximate surface area is 184 Å². The molecule has 0 unspecified atom stereocenters. The number of nitrogens with one attached hydrogen (secondary N) is 2. The van der Waals surface area contributed by atoms with Gasteiger partial charge in [-0.1, -0.05) is 36.4 Å². The largest absolute Gasteiger partial charge is 0.457 e. The molecule has 0 bridgehead atoms. The first-order valence-corrected chi connectivity index (χ1v) is 10.0. The van der Waals surface area contributed by atoms with E-state index in [9.17, 15) is 4.79 Å². The zero-order valence-corrected chi connectivity index (χ0v) is 17.6. The monoisotopic (exact) mass is 425 g/mol. The number of aromatic nitrogens is 1. The topological polar surface area (TPSA) is 131 Å². The van der Waals surface area contributed by atoms with Crippen LogP contribution in [-0.2, 0) is 6.54 Å². The Hall–Kier alpha value is -4.39. The lowest BCUT2D eigenvalue weighted by molar-refractivity contribution is 0.483. The number of nitrogens with two attached hydrogens (primary N) is 2. The van der Waals surface area contributed by atoms with Crippen molar-refractivity contribution in [2.75, 3.05) is 0 Å². The summed E-state index contributed by atoms with van der Waals surface area (Å²) >= 11 is 0. The normalized spacial score (nSPS) is 10.8. The van der Waals surface area contributed by atoms with Crippen molar-refractivity contribution in [2.24, 2.45) is 11.5 Å². The van der Waals surface area contributed by atoms with Gasteiger partial charge in [0.2, 0.25) is 0 Å². The zero-order chi connectivity index (χ0) is 22.8. The number of hydrogen-bond acceptors (Lipinski definition) is 4. The van der Waals surface area contributed by atoms with Crippen LogP contribution in [0.3, 0.4) is 0 Å². The van der Waals surface area contributed by atoms with E-state index in [1.54, 1.807) is 47.0 Å². The van der Waals surface area contributed by atoms with E-state index < -0.39 is 0 Å². The van der Waals surface area contributed by atoms with Crippen molar-refractivity contribution in [2.45, 2.75) is 13.5 Å². The molecular formula is C25H23N5O2. The molecule has 0 radical (unpaired) electrons. The SMILES string of the molecule is Cc1cc(=O)n(Cc2ccc(C(=N)N)cc2)c2ccc(Oc3cccc(C(=N)N)c3)cc12. The van der Waals surface area contributed by atoms with Crippen molar-refractivity contribution >= 4 is 22.6 Å². The van der Waals surface area contributed by atoms with Crippen LogP contribution in [-0.4, -0.2) is 16.2 Å². The molecule has 7 heteroatoms. The molecule has 0 saturated heterocycles. The van der Waals surface area contributed by atoms with E-state index in [0.29, 0.717) is 29.2 Å². The summed E-state index contributed by atoms with van der Waals surface area (Å²) in [6.45, 7) is 2.30. The van der Waals surface area contributed by atoms with Gasteiger partial charge in [-0.05, 0) is 48.4 Å². The molecule has 4 aromatic rings. The molecule has 4 rings (SSSR count). The third kappa shape index (κ3) is 4.22. The molecule has 0 aliphatic carbocycles. The van der Waals surface area contributed by atoms with Crippen molar-refractivity contribution in [1.82, 2.24) is 4.57 Å². The van der Waals surface area contributed by atoms with Gasteiger partial charge in [0.25, 0.3) is 5.56 Å². The highest BCUT2D eigenvalue weighted by Crippen LogP contribution is 2.27.